The van der Waals surface area contributed by atoms with Crippen LogP contribution < -0.4 is 33.6 Å². The summed E-state index contributed by atoms with van der Waals surface area (Å²) in [5.41, 5.74) is 23.6. The molecule has 2 aliphatic rings. The molecule has 0 saturated heterocycles. The maximum Gasteiger partial charge on any atom is 0.218 e. The van der Waals surface area contributed by atoms with Gasteiger partial charge in [-0.1, -0.05) is 51.4 Å². The molecule has 10 heteroatoms. The molecular formula is C22H44N10. The van der Waals surface area contributed by atoms with E-state index < -0.39 is 0 Å². The first-order valence-corrected chi connectivity index (χ1v) is 12.4. The highest BCUT2D eigenvalue weighted by Crippen LogP contribution is 2.20. The van der Waals surface area contributed by atoms with Gasteiger partial charge in [0.15, 0.2) is 11.9 Å². The van der Waals surface area contributed by atoms with Gasteiger partial charge in [-0.05, 0) is 38.5 Å². The first-order valence-electron chi connectivity index (χ1n) is 12.4. The molecule has 2 fully saturated rings. The third-order valence-electron chi connectivity index (χ3n) is 5.96. The number of nitrogens with zero attached hydrogens (tertiary/aromatic N) is 4. The van der Waals surface area contributed by atoms with Gasteiger partial charge in [0.05, 0.1) is 12.1 Å². The monoisotopic (exact) mass is 448 g/mol. The Balaban J connectivity index is 1.50. The zero-order chi connectivity index (χ0) is 23.0. The third kappa shape index (κ3) is 11.8. The van der Waals surface area contributed by atoms with Gasteiger partial charge in [0.2, 0.25) is 11.9 Å². The Labute approximate surface area is 192 Å². The van der Waals surface area contributed by atoms with E-state index in [1.165, 1.54) is 38.5 Å². The summed E-state index contributed by atoms with van der Waals surface area (Å²) in [7, 11) is 0. The van der Waals surface area contributed by atoms with Crippen molar-refractivity contribution in [1.82, 2.24) is 10.6 Å². The smallest absolute Gasteiger partial charge is 0.218 e. The van der Waals surface area contributed by atoms with Gasteiger partial charge in [-0.2, -0.15) is 9.98 Å². The average molecular weight is 449 g/mol. The molecule has 0 spiro atoms. The lowest BCUT2D eigenvalue weighted by Crippen LogP contribution is -2.35. The Morgan fingerprint density at radius 1 is 0.562 bits per heavy atom. The molecule has 0 aromatic rings. The average Bonchev–Trinajstić information content (AvgIpc) is 2.76. The van der Waals surface area contributed by atoms with Gasteiger partial charge < -0.3 is 33.6 Å². The second kappa shape index (κ2) is 15.3. The second-order valence-electron chi connectivity index (χ2n) is 8.82. The second-order valence-corrected chi connectivity index (χ2v) is 8.82. The Bertz CT molecular complexity index is 587. The number of rotatable bonds is 9. The van der Waals surface area contributed by atoms with Gasteiger partial charge in [-0.25, -0.2) is 9.98 Å². The summed E-state index contributed by atoms with van der Waals surface area (Å²) in [5.74, 6) is 1.22. The molecule has 0 amide bonds. The molecule has 0 radical (unpaired) electrons. The lowest BCUT2D eigenvalue weighted by Gasteiger charge is -2.17. The molecule has 10 nitrogen and oxygen atoms in total. The molecule has 0 atom stereocenters. The van der Waals surface area contributed by atoms with E-state index in [4.69, 9.17) is 22.9 Å². The van der Waals surface area contributed by atoms with Crippen molar-refractivity contribution in [2.75, 3.05) is 13.1 Å². The van der Waals surface area contributed by atoms with Crippen LogP contribution in [-0.2, 0) is 0 Å². The minimum absolute atomic E-state index is 0.275. The molecule has 0 unspecified atom stereocenters. The van der Waals surface area contributed by atoms with E-state index >= 15 is 0 Å². The normalized spacial score (nSPS) is 20.4. The zero-order valence-corrected chi connectivity index (χ0v) is 19.6. The Morgan fingerprint density at radius 3 is 1.31 bits per heavy atom. The van der Waals surface area contributed by atoms with Crippen molar-refractivity contribution >= 4 is 23.8 Å². The van der Waals surface area contributed by atoms with Gasteiger partial charge >= 0.3 is 0 Å². The predicted molar refractivity (Wildman–Crippen MR) is 135 cm³/mol. The molecular weight excluding hydrogens is 404 g/mol. The SMILES string of the molecule is NC(=NC1CCCCC1)/N=C(\N)NCCCCCCN/C(N)=N/C(N)=NC1CCCCC1. The number of unbranched alkanes of at least 4 members (excludes halogenated alkanes) is 3. The minimum atomic E-state index is 0.275. The van der Waals surface area contributed by atoms with Gasteiger partial charge in [0, 0.05) is 13.1 Å². The van der Waals surface area contributed by atoms with E-state index in [-0.39, 0.29) is 11.9 Å². The molecule has 2 rings (SSSR count). The summed E-state index contributed by atoms with van der Waals surface area (Å²) >= 11 is 0. The molecule has 0 aromatic carbocycles. The van der Waals surface area contributed by atoms with Crippen molar-refractivity contribution in [3.8, 4) is 0 Å². The van der Waals surface area contributed by atoms with Crippen molar-refractivity contribution in [1.29, 1.82) is 0 Å². The lowest BCUT2D eigenvalue weighted by atomic mass is 9.96. The van der Waals surface area contributed by atoms with Crippen LogP contribution in [0.4, 0.5) is 0 Å². The van der Waals surface area contributed by atoms with Crippen molar-refractivity contribution in [3.63, 3.8) is 0 Å². The first-order chi connectivity index (χ1) is 15.5. The van der Waals surface area contributed by atoms with Crippen LogP contribution in [0.25, 0.3) is 0 Å². The summed E-state index contributed by atoms with van der Waals surface area (Å²) in [4.78, 5) is 17.2. The summed E-state index contributed by atoms with van der Waals surface area (Å²) in [6.45, 7) is 1.52. The van der Waals surface area contributed by atoms with E-state index in [2.05, 4.69) is 30.6 Å². The van der Waals surface area contributed by atoms with Gasteiger partial charge in [-0.15, -0.1) is 0 Å². The largest absolute Gasteiger partial charge is 0.370 e. The van der Waals surface area contributed by atoms with Crippen molar-refractivity contribution in [3.05, 3.63) is 0 Å². The van der Waals surface area contributed by atoms with Crippen LogP contribution in [0, 0.1) is 0 Å². The third-order valence-corrected chi connectivity index (χ3v) is 5.96. The maximum atomic E-state index is 5.90. The van der Waals surface area contributed by atoms with E-state index in [1.807, 2.05) is 0 Å². The number of nitrogens with two attached hydrogens (primary N) is 4. The van der Waals surface area contributed by atoms with Crippen LogP contribution in [-0.4, -0.2) is 49.0 Å². The molecule has 2 saturated carbocycles. The minimum Gasteiger partial charge on any atom is -0.370 e. The highest BCUT2D eigenvalue weighted by molar-refractivity contribution is 5.93. The summed E-state index contributed by atoms with van der Waals surface area (Å²) in [6.07, 6.45) is 16.0. The van der Waals surface area contributed by atoms with Crippen LogP contribution in [0.3, 0.4) is 0 Å². The summed E-state index contributed by atoms with van der Waals surface area (Å²) in [6, 6.07) is 0.599. The quantitative estimate of drug-likeness (QED) is 0.177. The number of aliphatic imine (C=N–C) groups is 4. The van der Waals surface area contributed by atoms with Gasteiger partial charge in [0.1, 0.15) is 0 Å². The van der Waals surface area contributed by atoms with E-state index in [9.17, 15) is 0 Å². The van der Waals surface area contributed by atoms with Crippen molar-refractivity contribution in [2.45, 2.75) is 102 Å². The van der Waals surface area contributed by atoms with Crippen LogP contribution in [0.2, 0.25) is 0 Å². The number of nitrogens with one attached hydrogen (secondary N) is 2. The Hall–Kier alpha value is -2.52. The molecule has 0 aromatic heterocycles. The number of guanidine groups is 4. The van der Waals surface area contributed by atoms with Crippen molar-refractivity contribution in [2.24, 2.45) is 42.9 Å². The van der Waals surface area contributed by atoms with Crippen LogP contribution in [0.15, 0.2) is 20.0 Å². The van der Waals surface area contributed by atoms with Crippen LogP contribution in [0.1, 0.15) is 89.9 Å². The Kier molecular flexibility index (Phi) is 12.3. The van der Waals surface area contributed by atoms with E-state index in [0.29, 0.717) is 24.0 Å². The maximum absolute atomic E-state index is 5.90. The number of hydrogen-bond acceptors (Lipinski definition) is 2. The van der Waals surface area contributed by atoms with E-state index in [0.717, 1.165) is 64.5 Å². The zero-order valence-electron chi connectivity index (χ0n) is 19.6. The fraction of sp³-hybridized carbons (Fsp3) is 0.818. The highest BCUT2D eigenvalue weighted by Gasteiger charge is 2.13. The topological polar surface area (TPSA) is 178 Å². The molecule has 10 N–H and O–H groups in total. The summed E-state index contributed by atoms with van der Waals surface area (Å²) in [5, 5.41) is 6.20. The highest BCUT2D eigenvalue weighted by atomic mass is 15.2. The van der Waals surface area contributed by atoms with Crippen LogP contribution >= 0.6 is 0 Å². The Morgan fingerprint density at radius 2 is 0.938 bits per heavy atom. The predicted octanol–water partition coefficient (Wildman–Crippen LogP) is 1.65. The standard InChI is InChI=1S/C22H44N10/c23-19(31-21(25)29-17-11-5-3-6-12-17)27-15-9-1-2-10-16-28-20(24)32-22(26)30-18-13-7-4-8-14-18/h17-18H,1-16H2,(H5,23,25,27,29,31)(H5,24,26,28,30,32). The number of hydrogen-bond donors (Lipinski definition) is 6. The molecule has 182 valence electrons. The fourth-order valence-electron chi connectivity index (χ4n) is 4.21. The van der Waals surface area contributed by atoms with Crippen molar-refractivity contribution < 1.29 is 0 Å². The molecule has 0 heterocycles. The fourth-order valence-corrected chi connectivity index (χ4v) is 4.21. The molecule has 0 bridgehead atoms. The molecule has 2 aliphatic carbocycles. The lowest BCUT2D eigenvalue weighted by molar-refractivity contribution is 0.443. The summed E-state index contributed by atoms with van der Waals surface area (Å²) < 4.78 is 0. The molecule has 0 aliphatic heterocycles. The van der Waals surface area contributed by atoms with E-state index in [1.54, 1.807) is 0 Å². The van der Waals surface area contributed by atoms with Gasteiger partial charge in [-0.3, -0.25) is 0 Å². The van der Waals surface area contributed by atoms with Gasteiger partial charge in [0.25, 0.3) is 0 Å². The molecule has 32 heavy (non-hydrogen) atoms. The first kappa shape index (κ1) is 25.7. The van der Waals surface area contributed by atoms with Crippen LogP contribution in [0.5, 0.6) is 0 Å².